The number of halogens is 1. The van der Waals surface area contributed by atoms with Crippen molar-refractivity contribution in [2.45, 2.75) is 25.8 Å². The summed E-state index contributed by atoms with van der Waals surface area (Å²) in [4.78, 5) is 17.3. The third kappa shape index (κ3) is 2.04. The zero-order chi connectivity index (χ0) is 11.7. The van der Waals surface area contributed by atoms with Crippen LogP contribution in [0.25, 0.3) is 0 Å². The number of carboxylic acids is 1. The van der Waals surface area contributed by atoms with Crippen molar-refractivity contribution in [3.05, 3.63) is 22.3 Å². The Balaban J connectivity index is 2.29. The second kappa shape index (κ2) is 4.41. The maximum absolute atomic E-state index is 11.1. The molecule has 86 valence electrons. The van der Waals surface area contributed by atoms with Crippen LogP contribution in [-0.4, -0.2) is 28.6 Å². The molecule has 1 atom stereocenters. The zero-order valence-corrected chi connectivity index (χ0v) is 10.6. The van der Waals surface area contributed by atoms with Crippen molar-refractivity contribution in [2.75, 3.05) is 11.4 Å². The highest BCUT2D eigenvalue weighted by atomic mass is 79.9. The van der Waals surface area contributed by atoms with E-state index in [4.69, 9.17) is 5.11 Å². The number of nitrogens with zero attached hydrogens (tertiary/aromatic N) is 2. The van der Waals surface area contributed by atoms with Crippen LogP contribution >= 0.6 is 15.9 Å². The SMILES string of the molecule is Cc1nc(N2CCC[C@H]2C(=O)O)ccc1Br. The summed E-state index contributed by atoms with van der Waals surface area (Å²) >= 11 is 3.38. The number of aliphatic carboxylic acids is 1. The minimum atomic E-state index is -0.764. The van der Waals surface area contributed by atoms with Crippen molar-refractivity contribution in [1.82, 2.24) is 4.98 Å². The van der Waals surface area contributed by atoms with Crippen molar-refractivity contribution in [3.8, 4) is 0 Å². The number of hydrogen-bond donors (Lipinski definition) is 1. The molecule has 4 nitrogen and oxygen atoms in total. The van der Waals surface area contributed by atoms with E-state index < -0.39 is 12.0 Å². The Hall–Kier alpha value is -1.10. The standard InChI is InChI=1S/C11H13BrN2O2/c1-7-8(12)4-5-10(13-7)14-6-2-3-9(14)11(15)16/h4-5,9H,2-3,6H2,1H3,(H,15,16)/t9-/m0/s1. The Morgan fingerprint density at radius 3 is 3.00 bits per heavy atom. The van der Waals surface area contributed by atoms with Gasteiger partial charge in [0, 0.05) is 11.0 Å². The lowest BCUT2D eigenvalue weighted by molar-refractivity contribution is -0.138. The summed E-state index contributed by atoms with van der Waals surface area (Å²) in [5.74, 6) is -0.00882. The van der Waals surface area contributed by atoms with Crippen molar-refractivity contribution in [3.63, 3.8) is 0 Å². The number of pyridine rings is 1. The fraction of sp³-hybridized carbons (Fsp3) is 0.455. The van der Waals surface area contributed by atoms with Crippen LogP contribution in [0.2, 0.25) is 0 Å². The Bertz CT molecular complexity index is 422. The van der Waals surface area contributed by atoms with Gasteiger partial charge in [-0.1, -0.05) is 0 Å². The van der Waals surface area contributed by atoms with E-state index in [1.54, 1.807) is 0 Å². The summed E-state index contributed by atoms with van der Waals surface area (Å²) in [5.41, 5.74) is 0.883. The number of hydrogen-bond acceptors (Lipinski definition) is 3. The highest BCUT2D eigenvalue weighted by Crippen LogP contribution is 2.26. The second-order valence-electron chi connectivity index (χ2n) is 3.93. The molecule has 0 bridgehead atoms. The number of carbonyl (C=O) groups is 1. The number of rotatable bonds is 2. The average Bonchev–Trinajstić information content (AvgIpc) is 2.71. The van der Waals surface area contributed by atoms with Gasteiger partial charge in [0.2, 0.25) is 0 Å². The van der Waals surface area contributed by atoms with Crippen LogP contribution in [0.4, 0.5) is 5.82 Å². The summed E-state index contributed by atoms with van der Waals surface area (Å²) in [5, 5.41) is 9.09. The van der Waals surface area contributed by atoms with E-state index in [9.17, 15) is 4.79 Å². The van der Waals surface area contributed by atoms with E-state index in [1.165, 1.54) is 0 Å². The molecule has 0 unspecified atom stereocenters. The molecule has 5 heteroatoms. The van der Waals surface area contributed by atoms with Gasteiger partial charge in [0.15, 0.2) is 0 Å². The van der Waals surface area contributed by atoms with Crippen LogP contribution in [0.5, 0.6) is 0 Å². The Labute approximate surface area is 102 Å². The van der Waals surface area contributed by atoms with Gasteiger partial charge in [0.1, 0.15) is 11.9 Å². The van der Waals surface area contributed by atoms with Crippen LogP contribution in [0.3, 0.4) is 0 Å². The van der Waals surface area contributed by atoms with Crippen LogP contribution in [0, 0.1) is 6.92 Å². The van der Waals surface area contributed by atoms with Crippen LogP contribution < -0.4 is 4.90 Å². The molecule has 0 spiro atoms. The molecule has 2 rings (SSSR count). The van der Waals surface area contributed by atoms with Crippen molar-refractivity contribution in [1.29, 1.82) is 0 Å². The first-order valence-electron chi connectivity index (χ1n) is 5.22. The molecule has 1 aromatic heterocycles. The molecule has 1 saturated heterocycles. The molecule has 1 aromatic rings. The first-order chi connectivity index (χ1) is 7.59. The predicted octanol–water partition coefficient (Wildman–Crippen LogP) is 2.21. The molecule has 16 heavy (non-hydrogen) atoms. The topological polar surface area (TPSA) is 53.4 Å². The highest BCUT2D eigenvalue weighted by Gasteiger charge is 2.31. The van der Waals surface area contributed by atoms with Crippen LogP contribution in [-0.2, 0) is 4.79 Å². The van der Waals surface area contributed by atoms with Gasteiger partial charge in [0.05, 0.1) is 5.69 Å². The monoisotopic (exact) mass is 284 g/mol. The molecule has 1 aliphatic rings. The van der Waals surface area contributed by atoms with Crippen molar-refractivity contribution >= 4 is 27.7 Å². The van der Waals surface area contributed by atoms with Gasteiger partial charge in [-0.15, -0.1) is 0 Å². The fourth-order valence-corrected chi connectivity index (χ4v) is 2.21. The summed E-state index contributed by atoms with van der Waals surface area (Å²) in [7, 11) is 0. The molecule has 1 aliphatic heterocycles. The number of anilines is 1. The summed E-state index contributed by atoms with van der Waals surface area (Å²) in [6.07, 6.45) is 1.61. The lowest BCUT2D eigenvalue weighted by Crippen LogP contribution is -2.36. The van der Waals surface area contributed by atoms with Gasteiger partial charge in [-0.2, -0.15) is 0 Å². The lowest BCUT2D eigenvalue weighted by Gasteiger charge is -2.22. The van der Waals surface area contributed by atoms with Gasteiger partial charge in [-0.3, -0.25) is 0 Å². The quantitative estimate of drug-likeness (QED) is 0.905. The fourth-order valence-electron chi connectivity index (χ4n) is 1.99. The molecule has 2 heterocycles. The Kier molecular flexibility index (Phi) is 3.14. The van der Waals surface area contributed by atoms with E-state index in [0.29, 0.717) is 6.42 Å². The molecule has 1 fully saturated rings. The molecule has 0 radical (unpaired) electrons. The molecule has 1 N–H and O–H groups in total. The second-order valence-corrected chi connectivity index (χ2v) is 4.78. The van der Waals surface area contributed by atoms with Gasteiger partial charge in [-0.05, 0) is 47.8 Å². The van der Waals surface area contributed by atoms with E-state index in [1.807, 2.05) is 24.0 Å². The van der Waals surface area contributed by atoms with Crippen LogP contribution in [0.15, 0.2) is 16.6 Å². The minimum Gasteiger partial charge on any atom is -0.480 e. The summed E-state index contributed by atoms with van der Waals surface area (Å²) < 4.78 is 0.947. The molecule has 0 amide bonds. The summed E-state index contributed by atoms with van der Waals surface area (Å²) in [6, 6.07) is 3.35. The normalized spacial score (nSPS) is 20.1. The first-order valence-corrected chi connectivity index (χ1v) is 6.01. The van der Waals surface area contributed by atoms with Crippen molar-refractivity contribution in [2.24, 2.45) is 0 Å². The van der Waals surface area contributed by atoms with E-state index >= 15 is 0 Å². The predicted molar refractivity (Wildman–Crippen MR) is 64.7 cm³/mol. The van der Waals surface area contributed by atoms with Crippen LogP contribution in [0.1, 0.15) is 18.5 Å². The molecule has 0 aliphatic carbocycles. The van der Waals surface area contributed by atoms with E-state index in [0.717, 1.165) is 29.0 Å². The maximum Gasteiger partial charge on any atom is 0.326 e. The zero-order valence-electron chi connectivity index (χ0n) is 8.98. The summed E-state index contributed by atoms with van der Waals surface area (Å²) in [6.45, 7) is 2.67. The molecule has 0 aromatic carbocycles. The van der Waals surface area contributed by atoms with E-state index in [-0.39, 0.29) is 0 Å². The first kappa shape index (κ1) is 11.4. The third-order valence-electron chi connectivity index (χ3n) is 2.84. The number of aromatic nitrogens is 1. The maximum atomic E-state index is 11.1. The molecular weight excluding hydrogens is 272 g/mol. The Morgan fingerprint density at radius 1 is 1.62 bits per heavy atom. The third-order valence-corrected chi connectivity index (χ3v) is 3.68. The smallest absolute Gasteiger partial charge is 0.326 e. The highest BCUT2D eigenvalue weighted by molar-refractivity contribution is 9.10. The average molecular weight is 285 g/mol. The largest absolute Gasteiger partial charge is 0.480 e. The molecular formula is C11H13BrN2O2. The van der Waals surface area contributed by atoms with Gasteiger partial charge >= 0.3 is 5.97 Å². The Morgan fingerprint density at radius 2 is 2.38 bits per heavy atom. The number of aryl methyl sites for hydroxylation is 1. The van der Waals surface area contributed by atoms with Gasteiger partial charge < -0.3 is 10.0 Å². The lowest BCUT2D eigenvalue weighted by atomic mass is 10.2. The van der Waals surface area contributed by atoms with Crippen molar-refractivity contribution < 1.29 is 9.90 Å². The van der Waals surface area contributed by atoms with Gasteiger partial charge in [-0.25, -0.2) is 9.78 Å². The number of carboxylic acid groups (broad SMARTS) is 1. The van der Waals surface area contributed by atoms with Gasteiger partial charge in [0.25, 0.3) is 0 Å². The minimum absolute atomic E-state index is 0.423. The molecule has 0 saturated carbocycles. The van der Waals surface area contributed by atoms with E-state index in [2.05, 4.69) is 20.9 Å².